The summed E-state index contributed by atoms with van der Waals surface area (Å²) in [7, 11) is 1.23. The molecule has 2 aromatic carbocycles. The van der Waals surface area contributed by atoms with Gasteiger partial charge in [0.1, 0.15) is 5.82 Å². The predicted octanol–water partition coefficient (Wildman–Crippen LogP) is 3.11. The molecular formula is C14H10FNO5. The van der Waals surface area contributed by atoms with E-state index in [4.69, 9.17) is 9.84 Å². The molecule has 0 heterocycles. The summed E-state index contributed by atoms with van der Waals surface area (Å²) in [5.74, 6) is -2.08. The Morgan fingerprint density at radius 2 is 2.05 bits per heavy atom. The van der Waals surface area contributed by atoms with Crippen LogP contribution in [-0.4, -0.2) is 23.1 Å². The highest BCUT2D eigenvalue weighted by atomic mass is 19.1. The Morgan fingerprint density at radius 3 is 2.62 bits per heavy atom. The molecule has 0 bridgehead atoms. The topological polar surface area (TPSA) is 89.7 Å². The van der Waals surface area contributed by atoms with Crippen molar-refractivity contribution >= 4 is 11.7 Å². The van der Waals surface area contributed by atoms with Gasteiger partial charge in [0.05, 0.1) is 23.7 Å². The SMILES string of the molecule is COc1c(-c2cccc(C(=O)O)c2)cc(F)cc1[N+](=O)[O-]. The lowest BCUT2D eigenvalue weighted by Crippen LogP contribution is -1.99. The van der Waals surface area contributed by atoms with Gasteiger partial charge in [0, 0.05) is 5.56 Å². The summed E-state index contributed by atoms with van der Waals surface area (Å²) < 4.78 is 18.6. The van der Waals surface area contributed by atoms with Crippen LogP contribution in [0.2, 0.25) is 0 Å². The molecule has 6 nitrogen and oxygen atoms in total. The number of benzene rings is 2. The second-order valence-electron chi connectivity index (χ2n) is 4.15. The zero-order valence-corrected chi connectivity index (χ0v) is 10.9. The molecule has 0 aromatic heterocycles. The zero-order valence-electron chi connectivity index (χ0n) is 10.9. The van der Waals surface area contributed by atoms with Gasteiger partial charge in [-0.1, -0.05) is 12.1 Å². The summed E-state index contributed by atoms with van der Waals surface area (Å²) in [6.45, 7) is 0. The van der Waals surface area contributed by atoms with Crippen LogP contribution in [0.3, 0.4) is 0 Å². The molecule has 0 saturated carbocycles. The molecule has 108 valence electrons. The van der Waals surface area contributed by atoms with Gasteiger partial charge in [0.2, 0.25) is 5.75 Å². The third-order valence-electron chi connectivity index (χ3n) is 2.86. The number of nitrogens with zero attached hydrogens (tertiary/aromatic N) is 1. The first-order chi connectivity index (χ1) is 9.93. The van der Waals surface area contributed by atoms with Crippen molar-refractivity contribution in [3.8, 4) is 16.9 Å². The first-order valence-corrected chi connectivity index (χ1v) is 5.79. The van der Waals surface area contributed by atoms with Crippen molar-refractivity contribution in [2.75, 3.05) is 7.11 Å². The van der Waals surface area contributed by atoms with E-state index in [1.54, 1.807) is 0 Å². The van der Waals surface area contributed by atoms with Crippen molar-refractivity contribution in [1.82, 2.24) is 0 Å². The quantitative estimate of drug-likeness (QED) is 0.690. The Bertz CT molecular complexity index is 729. The molecule has 1 N–H and O–H groups in total. The molecule has 0 saturated heterocycles. The molecule has 0 fully saturated rings. The van der Waals surface area contributed by atoms with Crippen LogP contribution in [0.25, 0.3) is 11.1 Å². The van der Waals surface area contributed by atoms with Gasteiger partial charge in [0.15, 0.2) is 0 Å². The van der Waals surface area contributed by atoms with E-state index in [0.717, 1.165) is 12.1 Å². The first-order valence-electron chi connectivity index (χ1n) is 5.79. The lowest BCUT2D eigenvalue weighted by atomic mass is 10.0. The fourth-order valence-electron chi connectivity index (χ4n) is 1.96. The Labute approximate surface area is 118 Å². The van der Waals surface area contributed by atoms with Crippen LogP contribution >= 0.6 is 0 Å². The number of rotatable bonds is 4. The van der Waals surface area contributed by atoms with E-state index in [0.29, 0.717) is 5.56 Å². The maximum atomic E-state index is 13.6. The largest absolute Gasteiger partial charge is 0.490 e. The minimum Gasteiger partial charge on any atom is -0.490 e. The van der Waals surface area contributed by atoms with Gasteiger partial charge in [-0.05, 0) is 23.8 Å². The number of carbonyl (C=O) groups is 1. The van der Waals surface area contributed by atoms with Gasteiger partial charge in [-0.15, -0.1) is 0 Å². The Balaban J connectivity index is 2.71. The van der Waals surface area contributed by atoms with Gasteiger partial charge >= 0.3 is 11.7 Å². The number of aromatic carboxylic acids is 1. The van der Waals surface area contributed by atoms with E-state index in [1.807, 2.05) is 0 Å². The van der Waals surface area contributed by atoms with Crippen molar-refractivity contribution in [1.29, 1.82) is 0 Å². The number of hydrogen-bond donors (Lipinski definition) is 1. The predicted molar refractivity (Wildman–Crippen MR) is 72.0 cm³/mol. The number of ether oxygens (including phenoxy) is 1. The van der Waals surface area contributed by atoms with Gasteiger partial charge in [0.25, 0.3) is 0 Å². The summed E-state index contributed by atoms with van der Waals surface area (Å²) in [6.07, 6.45) is 0. The van der Waals surface area contributed by atoms with Gasteiger partial charge in [-0.3, -0.25) is 10.1 Å². The second-order valence-corrected chi connectivity index (χ2v) is 4.15. The smallest absolute Gasteiger partial charge is 0.335 e. The van der Waals surface area contributed by atoms with Crippen LogP contribution in [0, 0.1) is 15.9 Å². The number of hydrogen-bond acceptors (Lipinski definition) is 4. The van der Waals surface area contributed by atoms with Gasteiger partial charge in [-0.2, -0.15) is 0 Å². The van der Waals surface area contributed by atoms with E-state index >= 15 is 0 Å². The highest BCUT2D eigenvalue weighted by Crippen LogP contribution is 2.38. The average Bonchev–Trinajstić information content (AvgIpc) is 2.46. The third-order valence-corrected chi connectivity index (χ3v) is 2.86. The van der Waals surface area contributed by atoms with Crippen molar-refractivity contribution in [3.63, 3.8) is 0 Å². The Hall–Kier alpha value is -2.96. The summed E-state index contributed by atoms with van der Waals surface area (Å²) in [6, 6.07) is 7.47. The van der Waals surface area contributed by atoms with Crippen molar-refractivity contribution < 1.29 is 24.0 Å². The third kappa shape index (κ3) is 2.81. The molecule has 0 aliphatic heterocycles. The normalized spacial score (nSPS) is 10.2. The molecule has 21 heavy (non-hydrogen) atoms. The first kappa shape index (κ1) is 14.4. The highest BCUT2D eigenvalue weighted by Gasteiger charge is 2.22. The molecule has 0 unspecified atom stereocenters. The van der Waals surface area contributed by atoms with E-state index in [1.165, 1.54) is 31.4 Å². The number of carboxylic acid groups (broad SMARTS) is 1. The minimum atomic E-state index is -1.15. The molecule has 0 amide bonds. The van der Waals surface area contributed by atoms with Crippen LogP contribution < -0.4 is 4.74 Å². The van der Waals surface area contributed by atoms with Crippen molar-refractivity contribution in [2.45, 2.75) is 0 Å². The monoisotopic (exact) mass is 291 g/mol. The van der Waals surface area contributed by atoms with Crippen LogP contribution in [0.4, 0.5) is 10.1 Å². The van der Waals surface area contributed by atoms with Crippen LogP contribution in [0.15, 0.2) is 36.4 Å². The average molecular weight is 291 g/mol. The summed E-state index contributed by atoms with van der Waals surface area (Å²) in [5, 5.41) is 19.9. The van der Waals surface area contributed by atoms with Crippen LogP contribution in [0.1, 0.15) is 10.4 Å². The van der Waals surface area contributed by atoms with Crippen molar-refractivity contribution in [3.05, 3.63) is 57.9 Å². The number of methoxy groups -OCH3 is 1. The molecular weight excluding hydrogens is 281 g/mol. The van der Waals surface area contributed by atoms with Gasteiger partial charge in [-0.25, -0.2) is 9.18 Å². The van der Waals surface area contributed by atoms with Crippen LogP contribution in [-0.2, 0) is 0 Å². The second kappa shape index (κ2) is 5.58. The fourth-order valence-corrected chi connectivity index (χ4v) is 1.96. The number of nitro benzene ring substituents is 1. The summed E-state index contributed by atoms with van der Waals surface area (Å²) in [4.78, 5) is 21.2. The van der Waals surface area contributed by atoms with E-state index < -0.39 is 22.4 Å². The minimum absolute atomic E-state index is 0.0125. The number of halogens is 1. The Morgan fingerprint density at radius 1 is 1.33 bits per heavy atom. The molecule has 0 radical (unpaired) electrons. The molecule has 7 heteroatoms. The van der Waals surface area contributed by atoms with Gasteiger partial charge < -0.3 is 9.84 Å². The fraction of sp³-hybridized carbons (Fsp3) is 0.0714. The molecule has 0 aliphatic carbocycles. The summed E-state index contributed by atoms with van der Waals surface area (Å²) in [5.41, 5.74) is -0.101. The number of nitro groups is 1. The standard InChI is InChI=1S/C14H10FNO5/c1-21-13-11(6-10(15)7-12(13)16(19)20)8-3-2-4-9(5-8)14(17)18/h2-7H,1H3,(H,17,18). The van der Waals surface area contributed by atoms with E-state index in [9.17, 15) is 19.3 Å². The molecule has 2 aromatic rings. The lowest BCUT2D eigenvalue weighted by Gasteiger charge is -2.10. The van der Waals surface area contributed by atoms with E-state index in [2.05, 4.69) is 0 Å². The molecule has 0 atom stereocenters. The van der Waals surface area contributed by atoms with E-state index in [-0.39, 0.29) is 16.9 Å². The maximum absolute atomic E-state index is 13.6. The zero-order chi connectivity index (χ0) is 15.6. The molecule has 0 spiro atoms. The summed E-state index contributed by atoms with van der Waals surface area (Å²) >= 11 is 0. The molecule has 0 aliphatic rings. The maximum Gasteiger partial charge on any atom is 0.335 e. The van der Waals surface area contributed by atoms with Crippen molar-refractivity contribution in [2.24, 2.45) is 0 Å². The number of carboxylic acids is 1. The lowest BCUT2D eigenvalue weighted by molar-refractivity contribution is -0.385. The Kier molecular flexibility index (Phi) is 3.84. The highest BCUT2D eigenvalue weighted by molar-refractivity contribution is 5.90. The molecule has 2 rings (SSSR count). The van der Waals surface area contributed by atoms with Crippen LogP contribution in [0.5, 0.6) is 5.75 Å².